The molecule has 0 aromatic carbocycles. The van der Waals surface area contributed by atoms with Crippen LogP contribution in [-0.4, -0.2) is 35.7 Å². The fourth-order valence-electron chi connectivity index (χ4n) is 8.30. The highest BCUT2D eigenvalue weighted by Gasteiger charge is 2.79. The number of halogens is 1. The summed E-state index contributed by atoms with van der Waals surface area (Å²) in [6.07, 6.45) is 7.58. The summed E-state index contributed by atoms with van der Waals surface area (Å²) in [5.74, 6) is 0.188. The van der Waals surface area contributed by atoms with Crippen LogP contribution in [0.5, 0.6) is 0 Å². The van der Waals surface area contributed by atoms with E-state index in [9.17, 15) is 9.59 Å². The first-order valence-corrected chi connectivity index (χ1v) is 10.6. The number of carbonyl (C=O) groups excluding carboxylic acids is 2. The number of esters is 1. The molecule has 0 amide bonds. The summed E-state index contributed by atoms with van der Waals surface area (Å²) in [5.41, 5.74) is -1.65. The molecule has 0 N–H and O–H groups in total. The molecule has 6 aliphatic rings. The number of carbonyl (C=O) groups is 2. The Morgan fingerprint density at radius 1 is 1.07 bits per heavy atom. The van der Waals surface area contributed by atoms with Gasteiger partial charge in [0.25, 0.3) is 0 Å². The Kier molecular flexibility index (Phi) is 2.99. The van der Waals surface area contributed by atoms with Crippen LogP contribution in [0.4, 0.5) is 4.39 Å². The minimum atomic E-state index is -1.42. The monoisotopic (exact) mass is 374 g/mol. The Bertz CT molecular complexity index is 791. The lowest BCUT2D eigenvalue weighted by Gasteiger charge is -2.61. The van der Waals surface area contributed by atoms with Crippen LogP contribution in [-0.2, 0) is 19.1 Å². The average Bonchev–Trinajstić information content (AvgIpc) is 3.31. The topological polar surface area (TPSA) is 52.6 Å². The van der Waals surface area contributed by atoms with Crippen LogP contribution in [0.15, 0.2) is 11.6 Å². The van der Waals surface area contributed by atoms with Crippen molar-refractivity contribution in [3.63, 3.8) is 0 Å². The Labute approximate surface area is 158 Å². The molecular weight excluding hydrogens is 347 g/mol. The first kappa shape index (κ1) is 16.7. The second-order valence-electron chi connectivity index (χ2n) is 10.2. The maximum atomic E-state index is 17.2. The molecule has 146 valence electrons. The van der Waals surface area contributed by atoms with Crippen LogP contribution in [0.25, 0.3) is 0 Å². The minimum absolute atomic E-state index is 0.0622. The molecule has 0 aromatic heterocycles. The first-order chi connectivity index (χ1) is 12.8. The van der Waals surface area contributed by atoms with Gasteiger partial charge in [-0.25, -0.2) is 4.39 Å². The second kappa shape index (κ2) is 4.84. The number of alkyl halides is 1. The standard InChI is InChI=1S/C22H27FO4/c1-19-7-4-14(24)10-13(19)2-3-16-15-5-8-21(9-6-18(25)27-21)20(15)11-17(26-12-20)22(16,19)23/h10,15-17H,2-9,11-12H2,1H3/t15?,16?,17?,19?,20?,21-,22+/m1/s1. The highest BCUT2D eigenvalue weighted by Crippen LogP contribution is 2.74. The van der Waals surface area contributed by atoms with Crippen LogP contribution >= 0.6 is 0 Å². The van der Waals surface area contributed by atoms with Crippen LogP contribution < -0.4 is 0 Å². The third-order valence-corrected chi connectivity index (χ3v) is 9.59. The zero-order valence-corrected chi connectivity index (χ0v) is 15.9. The van der Waals surface area contributed by atoms with E-state index in [1.807, 2.05) is 6.92 Å². The van der Waals surface area contributed by atoms with Crippen LogP contribution in [0.3, 0.4) is 0 Å². The summed E-state index contributed by atoms with van der Waals surface area (Å²) in [7, 11) is 0. The zero-order chi connectivity index (χ0) is 18.7. The van der Waals surface area contributed by atoms with Crippen molar-refractivity contribution in [2.75, 3.05) is 6.61 Å². The Hall–Kier alpha value is -1.23. The quantitative estimate of drug-likeness (QED) is 0.607. The van der Waals surface area contributed by atoms with E-state index in [1.54, 1.807) is 6.08 Å². The van der Waals surface area contributed by atoms with Crippen LogP contribution in [0.2, 0.25) is 0 Å². The van der Waals surface area contributed by atoms with Gasteiger partial charge in [-0.15, -0.1) is 0 Å². The van der Waals surface area contributed by atoms with E-state index in [-0.39, 0.29) is 29.0 Å². The number of hydrogen-bond donors (Lipinski definition) is 0. The summed E-state index contributed by atoms with van der Waals surface area (Å²) >= 11 is 0. The number of fused-ring (bicyclic) bond motifs is 6. The van der Waals surface area contributed by atoms with Gasteiger partial charge in [0.05, 0.1) is 12.7 Å². The average molecular weight is 374 g/mol. The Morgan fingerprint density at radius 3 is 2.70 bits per heavy atom. The molecule has 4 aliphatic carbocycles. The maximum Gasteiger partial charge on any atom is 0.306 e. The van der Waals surface area contributed by atoms with Gasteiger partial charge in [0.1, 0.15) is 11.3 Å². The van der Waals surface area contributed by atoms with Crippen molar-refractivity contribution < 1.29 is 23.5 Å². The van der Waals surface area contributed by atoms with Crippen molar-refractivity contribution in [3.8, 4) is 0 Å². The predicted molar refractivity (Wildman–Crippen MR) is 94.6 cm³/mol. The fraction of sp³-hybridized carbons (Fsp3) is 0.818. The van der Waals surface area contributed by atoms with Crippen molar-refractivity contribution in [1.29, 1.82) is 0 Å². The molecule has 27 heavy (non-hydrogen) atoms. The van der Waals surface area contributed by atoms with Crippen molar-refractivity contribution in [1.82, 2.24) is 0 Å². The van der Waals surface area contributed by atoms with Gasteiger partial charge in [0, 0.05) is 29.6 Å². The molecule has 7 atom stereocenters. The molecule has 5 fully saturated rings. The highest BCUT2D eigenvalue weighted by molar-refractivity contribution is 5.91. The van der Waals surface area contributed by atoms with Gasteiger partial charge in [-0.2, -0.15) is 0 Å². The number of rotatable bonds is 0. The summed E-state index contributed by atoms with van der Waals surface area (Å²) in [5, 5.41) is 0. The summed E-state index contributed by atoms with van der Waals surface area (Å²) in [6, 6.07) is 0. The molecule has 4 nitrogen and oxygen atoms in total. The lowest BCUT2D eigenvalue weighted by molar-refractivity contribution is -0.186. The van der Waals surface area contributed by atoms with Gasteiger partial charge in [-0.05, 0) is 56.9 Å². The Balaban J connectivity index is 1.47. The molecule has 0 aromatic rings. The molecule has 2 saturated heterocycles. The molecule has 2 bridgehead atoms. The van der Waals surface area contributed by atoms with E-state index in [1.165, 1.54) is 0 Å². The molecule has 2 spiro atoms. The van der Waals surface area contributed by atoms with E-state index in [0.29, 0.717) is 32.3 Å². The van der Waals surface area contributed by atoms with Gasteiger partial charge < -0.3 is 9.47 Å². The van der Waals surface area contributed by atoms with E-state index in [2.05, 4.69) is 0 Å². The minimum Gasteiger partial charge on any atom is -0.458 e. The van der Waals surface area contributed by atoms with Crippen LogP contribution in [0.1, 0.15) is 64.7 Å². The SMILES string of the molecule is CC12CCC(=O)C=C1CCC1C3CC[C@@]4(CCC(=O)O4)C34COC(C4)[C@@]12F. The number of hydrogen-bond acceptors (Lipinski definition) is 4. The van der Waals surface area contributed by atoms with E-state index >= 15 is 4.39 Å². The number of allylic oxidation sites excluding steroid dienone is 1. The molecule has 2 aliphatic heterocycles. The van der Waals surface area contributed by atoms with Crippen LogP contribution in [0, 0.1) is 22.7 Å². The molecule has 3 saturated carbocycles. The molecule has 0 radical (unpaired) electrons. The summed E-state index contributed by atoms with van der Waals surface area (Å²) < 4.78 is 29.4. The Morgan fingerprint density at radius 2 is 1.93 bits per heavy atom. The van der Waals surface area contributed by atoms with Gasteiger partial charge in [-0.1, -0.05) is 12.5 Å². The summed E-state index contributed by atoms with van der Waals surface area (Å²) in [6.45, 7) is 2.55. The second-order valence-corrected chi connectivity index (χ2v) is 10.2. The van der Waals surface area contributed by atoms with Gasteiger partial charge in [0.15, 0.2) is 5.78 Å². The highest BCUT2D eigenvalue weighted by atomic mass is 19.1. The smallest absolute Gasteiger partial charge is 0.306 e. The number of ketones is 1. The van der Waals surface area contributed by atoms with E-state index < -0.39 is 22.8 Å². The van der Waals surface area contributed by atoms with Gasteiger partial charge in [0.2, 0.25) is 0 Å². The first-order valence-electron chi connectivity index (χ1n) is 10.6. The van der Waals surface area contributed by atoms with E-state index in [0.717, 1.165) is 37.7 Å². The molecule has 2 heterocycles. The zero-order valence-electron chi connectivity index (χ0n) is 15.9. The molecule has 5 heteroatoms. The van der Waals surface area contributed by atoms with Crippen molar-refractivity contribution >= 4 is 11.8 Å². The van der Waals surface area contributed by atoms with Crippen molar-refractivity contribution in [2.24, 2.45) is 22.7 Å². The molecule has 5 unspecified atom stereocenters. The molecule has 6 rings (SSSR count). The third-order valence-electron chi connectivity index (χ3n) is 9.59. The largest absolute Gasteiger partial charge is 0.458 e. The number of ether oxygens (including phenoxy) is 2. The van der Waals surface area contributed by atoms with Crippen molar-refractivity contribution in [2.45, 2.75) is 82.1 Å². The fourth-order valence-corrected chi connectivity index (χ4v) is 8.30. The molecular formula is C22H27FO4. The van der Waals surface area contributed by atoms with Gasteiger partial charge in [-0.3, -0.25) is 9.59 Å². The van der Waals surface area contributed by atoms with Crippen molar-refractivity contribution in [3.05, 3.63) is 11.6 Å². The summed E-state index contributed by atoms with van der Waals surface area (Å²) in [4.78, 5) is 24.0. The lowest BCUT2D eigenvalue weighted by atomic mass is 9.44. The predicted octanol–water partition coefficient (Wildman–Crippen LogP) is 3.68. The van der Waals surface area contributed by atoms with E-state index in [4.69, 9.17) is 9.47 Å². The van der Waals surface area contributed by atoms with Gasteiger partial charge >= 0.3 is 5.97 Å². The lowest BCUT2D eigenvalue weighted by Crippen LogP contribution is -2.66. The normalized spacial score (nSPS) is 55.8. The third kappa shape index (κ3) is 1.67. The maximum absolute atomic E-state index is 17.2.